The highest BCUT2D eigenvalue weighted by molar-refractivity contribution is 5.71. The van der Waals surface area contributed by atoms with E-state index < -0.39 is 6.10 Å². The summed E-state index contributed by atoms with van der Waals surface area (Å²) in [6, 6.07) is 0. The van der Waals surface area contributed by atoms with Crippen molar-refractivity contribution in [3.63, 3.8) is 0 Å². The fourth-order valence-corrected chi connectivity index (χ4v) is 6.72. The van der Waals surface area contributed by atoms with Crippen LogP contribution < -0.4 is 0 Å². The highest BCUT2D eigenvalue weighted by Crippen LogP contribution is 2.17. The molecule has 0 rings (SSSR count). The molecule has 0 aliphatic rings. The van der Waals surface area contributed by atoms with Gasteiger partial charge >= 0.3 is 17.9 Å². The second-order valence-corrected chi connectivity index (χ2v) is 16.4. The first kappa shape index (κ1) is 50.4. The van der Waals surface area contributed by atoms with Crippen molar-refractivity contribution in [3.05, 3.63) is 0 Å². The Labute approximate surface area is 323 Å². The molecule has 0 saturated carbocycles. The summed E-state index contributed by atoms with van der Waals surface area (Å²) in [5.41, 5.74) is 0. The minimum atomic E-state index is -0.761. The molecular weight excluding hydrogens is 648 g/mol. The number of hydrogen-bond acceptors (Lipinski definition) is 6. The zero-order valence-electron chi connectivity index (χ0n) is 35.4. The van der Waals surface area contributed by atoms with Crippen LogP contribution in [0.5, 0.6) is 0 Å². The Balaban J connectivity index is 4.34. The van der Waals surface area contributed by atoms with Crippen molar-refractivity contribution in [2.75, 3.05) is 13.2 Å². The number of carbonyl (C=O) groups is 3. The lowest BCUT2D eigenvalue weighted by Crippen LogP contribution is -2.30. The second-order valence-electron chi connectivity index (χ2n) is 16.4. The normalized spacial score (nSPS) is 12.6. The molecule has 308 valence electrons. The van der Waals surface area contributed by atoms with E-state index in [9.17, 15) is 14.4 Å². The summed E-state index contributed by atoms with van der Waals surface area (Å²) >= 11 is 0. The molecule has 0 aromatic heterocycles. The van der Waals surface area contributed by atoms with Gasteiger partial charge in [-0.1, -0.05) is 208 Å². The zero-order chi connectivity index (χ0) is 38.3. The maximum Gasteiger partial charge on any atom is 0.306 e. The second kappa shape index (κ2) is 39.1. The zero-order valence-corrected chi connectivity index (χ0v) is 35.4. The lowest BCUT2D eigenvalue weighted by Gasteiger charge is -2.18. The van der Waals surface area contributed by atoms with E-state index in [1.54, 1.807) is 0 Å². The highest BCUT2D eigenvalue weighted by Gasteiger charge is 2.19. The van der Waals surface area contributed by atoms with Crippen LogP contribution in [0.15, 0.2) is 0 Å². The number of ether oxygens (including phenoxy) is 3. The van der Waals surface area contributed by atoms with Crippen molar-refractivity contribution in [1.29, 1.82) is 0 Å². The largest absolute Gasteiger partial charge is 0.462 e. The third-order valence-electron chi connectivity index (χ3n) is 10.6. The first-order chi connectivity index (χ1) is 25.3. The molecule has 0 heterocycles. The summed E-state index contributed by atoms with van der Waals surface area (Å²) in [7, 11) is 0. The summed E-state index contributed by atoms with van der Waals surface area (Å²) in [5.74, 6) is 0.733. The number of carbonyl (C=O) groups excluding carboxylic acids is 3. The predicted octanol–water partition coefficient (Wildman–Crippen LogP) is 14.2. The Morgan fingerprint density at radius 2 is 0.731 bits per heavy atom. The van der Waals surface area contributed by atoms with Gasteiger partial charge in [-0.3, -0.25) is 14.4 Å². The number of rotatable bonds is 40. The van der Waals surface area contributed by atoms with Gasteiger partial charge in [0.2, 0.25) is 0 Å². The highest BCUT2D eigenvalue weighted by atomic mass is 16.6. The third kappa shape index (κ3) is 38.1. The van der Waals surface area contributed by atoms with Gasteiger partial charge in [0.1, 0.15) is 13.2 Å². The molecule has 0 amide bonds. The minimum absolute atomic E-state index is 0.0664. The lowest BCUT2D eigenvalue weighted by atomic mass is 10.00. The molecule has 1 unspecified atom stereocenters. The number of unbranched alkanes of at least 4 members (excludes halogenated alkanes) is 24. The van der Waals surface area contributed by atoms with Crippen LogP contribution in [0.3, 0.4) is 0 Å². The third-order valence-corrected chi connectivity index (χ3v) is 10.6. The Hall–Kier alpha value is -1.59. The molecule has 0 N–H and O–H groups in total. The Morgan fingerprint density at radius 3 is 1.10 bits per heavy atom. The molecule has 6 nitrogen and oxygen atoms in total. The van der Waals surface area contributed by atoms with Crippen molar-refractivity contribution < 1.29 is 28.6 Å². The van der Waals surface area contributed by atoms with E-state index in [1.165, 1.54) is 135 Å². The van der Waals surface area contributed by atoms with Crippen molar-refractivity contribution in [2.24, 2.45) is 11.8 Å². The van der Waals surface area contributed by atoms with Gasteiger partial charge in [-0.15, -0.1) is 0 Å². The predicted molar refractivity (Wildman–Crippen MR) is 220 cm³/mol. The standard InChI is InChI=1S/C46H88O6/c1-6-8-9-10-11-12-13-14-15-16-17-20-28-33-38-46(49)52-43(39-50-44(47)36-31-26-21-18-19-24-29-34-41(3)4)40-51-45(48)37-32-27-23-22-25-30-35-42(5)7-2/h41-43H,6-40H2,1-5H3/t42?,43-/m1/s1. The van der Waals surface area contributed by atoms with Gasteiger partial charge in [0.25, 0.3) is 0 Å². The molecule has 2 atom stereocenters. The van der Waals surface area contributed by atoms with Crippen LogP contribution in [-0.4, -0.2) is 37.2 Å². The van der Waals surface area contributed by atoms with E-state index in [1.807, 2.05) is 0 Å². The average molecular weight is 737 g/mol. The number of esters is 3. The Kier molecular flexibility index (Phi) is 37.9. The van der Waals surface area contributed by atoms with E-state index in [0.29, 0.717) is 19.3 Å². The van der Waals surface area contributed by atoms with Gasteiger partial charge in [0.05, 0.1) is 0 Å². The van der Waals surface area contributed by atoms with Gasteiger partial charge < -0.3 is 14.2 Å². The molecule has 0 aromatic rings. The molecule has 0 saturated heterocycles. The topological polar surface area (TPSA) is 78.9 Å². The monoisotopic (exact) mass is 737 g/mol. The van der Waals surface area contributed by atoms with Crippen LogP contribution in [0.4, 0.5) is 0 Å². The fourth-order valence-electron chi connectivity index (χ4n) is 6.72. The first-order valence-electron chi connectivity index (χ1n) is 22.8. The van der Waals surface area contributed by atoms with Crippen molar-refractivity contribution in [2.45, 2.75) is 253 Å². The van der Waals surface area contributed by atoms with Gasteiger partial charge in [0.15, 0.2) is 6.10 Å². The van der Waals surface area contributed by atoms with E-state index in [-0.39, 0.29) is 31.1 Å². The molecule has 0 aromatic carbocycles. The van der Waals surface area contributed by atoms with E-state index >= 15 is 0 Å². The molecular formula is C46H88O6. The Morgan fingerprint density at radius 1 is 0.404 bits per heavy atom. The van der Waals surface area contributed by atoms with Crippen LogP contribution >= 0.6 is 0 Å². The summed E-state index contributed by atoms with van der Waals surface area (Å²) in [5, 5.41) is 0. The SMILES string of the molecule is CCCCCCCCCCCCCCCCC(=O)O[C@H](COC(=O)CCCCCCCCCC(C)C)COC(=O)CCCCCCCCC(C)CC. The molecule has 0 aliphatic carbocycles. The maximum atomic E-state index is 12.7. The fraction of sp³-hybridized carbons (Fsp3) is 0.935. The Bertz CT molecular complexity index is 796. The molecule has 0 bridgehead atoms. The molecule has 0 spiro atoms. The maximum absolute atomic E-state index is 12.7. The van der Waals surface area contributed by atoms with E-state index in [2.05, 4.69) is 34.6 Å². The smallest absolute Gasteiger partial charge is 0.306 e. The van der Waals surface area contributed by atoms with E-state index in [0.717, 1.165) is 69.6 Å². The first-order valence-corrected chi connectivity index (χ1v) is 22.8. The number of hydrogen-bond donors (Lipinski definition) is 0. The van der Waals surface area contributed by atoms with Gasteiger partial charge in [-0.05, 0) is 31.1 Å². The molecule has 6 heteroatoms. The van der Waals surface area contributed by atoms with Crippen LogP contribution in [0.1, 0.15) is 247 Å². The van der Waals surface area contributed by atoms with Crippen LogP contribution in [0.25, 0.3) is 0 Å². The van der Waals surface area contributed by atoms with Gasteiger partial charge in [-0.25, -0.2) is 0 Å². The summed E-state index contributed by atoms with van der Waals surface area (Å²) in [6.45, 7) is 11.3. The molecule has 0 aliphatic heterocycles. The average Bonchev–Trinajstić information content (AvgIpc) is 3.12. The van der Waals surface area contributed by atoms with E-state index in [4.69, 9.17) is 14.2 Å². The quantitative estimate of drug-likeness (QED) is 0.0354. The van der Waals surface area contributed by atoms with Crippen LogP contribution in [-0.2, 0) is 28.6 Å². The van der Waals surface area contributed by atoms with Crippen LogP contribution in [0, 0.1) is 11.8 Å². The van der Waals surface area contributed by atoms with Gasteiger partial charge in [0, 0.05) is 19.3 Å². The summed E-state index contributed by atoms with van der Waals surface area (Å²) < 4.78 is 16.7. The minimum Gasteiger partial charge on any atom is -0.462 e. The van der Waals surface area contributed by atoms with Gasteiger partial charge in [-0.2, -0.15) is 0 Å². The van der Waals surface area contributed by atoms with Crippen molar-refractivity contribution in [3.8, 4) is 0 Å². The van der Waals surface area contributed by atoms with Crippen molar-refractivity contribution >= 4 is 17.9 Å². The summed E-state index contributed by atoms with van der Waals surface area (Å²) in [6.07, 6.45) is 36.7. The van der Waals surface area contributed by atoms with Crippen molar-refractivity contribution in [1.82, 2.24) is 0 Å². The molecule has 52 heavy (non-hydrogen) atoms. The molecule has 0 fully saturated rings. The van der Waals surface area contributed by atoms with Crippen LogP contribution in [0.2, 0.25) is 0 Å². The molecule has 0 radical (unpaired) electrons. The summed E-state index contributed by atoms with van der Waals surface area (Å²) in [4.78, 5) is 37.7. The lowest BCUT2D eigenvalue weighted by molar-refractivity contribution is -0.167.